The minimum Gasteiger partial charge on any atom is -1.00 e. The first kappa shape index (κ1) is 113. The van der Waals surface area contributed by atoms with Crippen molar-refractivity contribution in [1.82, 2.24) is 0 Å². The summed E-state index contributed by atoms with van der Waals surface area (Å²) in [7, 11) is -0.375. The topological polar surface area (TPSA) is 248 Å². The average Bonchev–Trinajstić information content (AvgIpc) is 0.781. The van der Waals surface area contributed by atoms with Gasteiger partial charge in [0.15, 0.2) is 11.5 Å². The molecule has 0 saturated carbocycles. The number of alkyl halides is 7. The van der Waals surface area contributed by atoms with Crippen LogP contribution in [-0.2, 0) is 19.1 Å². The molecule has 613 valence electrons. The number of rotatable bonds is 7. The van der Waals surface area contributed by atoms with Crippen LogP contribution >= 0.6 is 143 Å². The summed E-state index contributed by atoms with van der Waals surface area (Å²) in [5.41, 5.74) is 4.08. The number of carbonyl (C=O) groups excluding carboxylic acids is 3. The first-order valence-corrected chi connectivity index (χ1v) is 38.2. The largest absolute Gasteiger partial charge is 1.00 e. The number of aryl methyl sites for hydroxylation is 1. The number of carbonyl (C=O) groups is 3. The Morgan fingerprint density at radius 3 is 1.32 bits per heavy atom. The van der Waals surface area contributed by atoms with Crippen LogP contribution < -0.4 is 106 Å². The average molecular weight is 2260 g/mol. The van der Waals surface area contributed by atoms with Gasteiger partial charge in [-0.25, -0.2) is 23.7 Å². The number of aliphatic hydroxyl groups is 2. The molecule has 0 aliphatic rings. The Balaban J connectivity index is -0.000000633. The van der Waals surface area contributed by atoms with Crippen LogP contribution in [0.2, 0.25) is 6.32 Å². The Labute approximate surface area is 806 Å². The summed E-state index contributed by atoms with van der Waals surface area (Å²) in [6.45, 7) is 21.6. The Kier molecular flexibility index (Phi) is 60.4. The van der Waals surface area contributed by atoms with E-state index in [9.17, 15) is 63.4 Å². The summed E-state index contributed by atoms with van der Waals surface area (Å²) >= 11 is 29.8. The number of halogens is 20. The molecule has 2 heterocycles. The Morgan fingerprint density at radius 2 is 0.906 bits per heavy atom. The van der Waals surface area contributed by atoms with E-state index in [1.165, 1.54) is 12.1 Å². The fraction of sp³-hybridized carbons (Fsp3) is 0.130. The smallest absolute Gasteiger partial charge is 1.00 e. The van der Waals surface area contributed by atoms with Crippen molar-refractivity contribution < 1.29 is 195 Å². The number of phenols is 1. The molecule has 0 spiro atoms. The predicted molar refractivity (Wildman–Crippen MR) is 452 cm³/mol. The van der Waals surface area contributed by atoms with Crippen LogP contribution in [0.25, 0.3) is 53.6 Å². The van der Waals surface area contributed by atoms with Crippen molar-refractivity contribution in [3.63, 3.8) is 0 Å². The van der Waals surface area contributed by atoms with Crippen molar-refractivity contribution in [2.24, 2.45) is 0 Å². The number of hydrogen-bond acceptors (Lipinski definition) is 15. The first-order chi connectivity index (χ1) is 54.4. The second-order valence-electron chi connectivity index (χ2n) is 20.5. The van der Waals surface area contributed by atoms with Crippen molar-refractivity contribution in [2.45, 2.75) is 46.4 Å². The summed E-state index contributed by atoms with van der Waals surface area (Å²) in [5.74, 6) is -3.86. The van der Waals surface area contributed by atoms with Gasteiger partial charge in [-0.2, -0.15) is 26.3 Å². The van der Waals surface area contributed by atoms with Crippen LogP contribution in [0.3, 0.4) is 0 Å². The van der Waals surface area contributed by atoms with Crippen molar-refractivity contribution >= 4 is 225 Å². The van der Waals surface area contributed by atoms with Gasteiger partial charge in [0, 0.05) is 62.6 Å². The summed E-state index contributed by atoms with van der Waals surface area (Å²) in [6.07, 6.45) is -10.7. The van der Waals surface area contributed by atoms with E-state index in [4.69, 9.17) is 62.0 Å². The molecule has 117 heavy (non-hydrogen) atoms. The fourth-order valence-electron chi connectivity index (χ4n) is 7.70. The Morgan fingerprint density at radius 1 is 0.538 bits per heavy atom. The molecule has 12 aromatic rings. The number of fused-ring (bicyclic) bond motifs is 4. The molecule has 0 aliphatic carbocycles. The number of esters is 2. The summed E-state index contributed by atoms with van der Waals surface area (Å²) in [4.78, 5) is 60.7. The van der Waals surface area contributed by atoms with E-state index < -0.39 is 37.3 Å². The monoisotopic (exact) mass is 2250 g/mol. The molecule has 4 N–H and O–H groups in total. The van der Waals surface area contributed by atoms with Gasteiger partial charge >= 0.3 is 113 Å². The molecule has 17 nitrogen and oxygen atoms in total. The fourth-order valence-corrected chi connectivity index (χ4v) is 11.1. The van der Waals surface area contributed by atoms with Gasteiger partial charge in [0.05, 0.1) is 43.2 Å². The molecule has 0 amide bonds. The molecule has 0 aliphatic heterocycles. The van der Waals surface area contributed by atoms with Crippen molar-refractivity contribution in [3.05, 3.63) is 295 Å². The molecule has 0 fully saturated rings. The zero-order chi connectivity index (χ0) is 87.1. The summed E-state index contributed by atoms with van der Waals surface area (Å²) in [5, 5.41) is 26.3. The molecular formula is C77H60BBr9F11KN2NaO15. The first-order valence-electron chi connectivity index (χ1n) is 31.8. The SMILES string of the molecule is CCO.CCO.CC[B]F.Cc1ccc2c(=O)c3ccc(Br)cc3oc2c1.FF.O=C(OC(=O)C(F)(F)F)C(F)(F)F.O=COc1ccc(Br)cc1Oc1cccc(Br)c1.O=c1c2ccc(Br)cc2oc2cccc(Br)c12.Oc1cccc(Br)c1.[2H]CF.[C-]#[N+]c1ccc(Br)cc1F.[C-]#[N+]c1ccc(Br)cc1Oc1cccc(Br)c1.[H-].[K+].[Na+].[OH-]. The Hall–Kier alpha value is -5.74. The standard InChI is InChI=1S/C14H9BrO2.C13H7Br2NO.C13H8Br2O3.C13H6Br2O2.C7H3BrFN.C6H5BrO.C4F6O3.C2H5BF.2C2H6O.CH3F.F2.K.Na.H2O.H/c1-8-2-4-10-12(6-8)17-13-7-9(15)3-5-11(13)14(10)16;1-16-12-6-5-10(15)8-13(12)17-11-4-2-3-9(14)7-11;14-9-2-1-3-11(6-9)18-13-7-10(15)4-5-12(13)17-8-16;14-7-4-5-8-11(6-7)17-10-3-1-2-9(15)12(10)13(8)16;1-10-7-3-2-5(8)4-6(7)9;7-5-2-1-3-6(8)4-5;5-3(6,7)1(11)13-2(12)4(8,9)10;1-2-3-4;2*1-2-3;2*1-2;;;;/h2-7H,1H3;2-8H;1-8H;1-6H;2-4H;1-4,8H;;2H2,1H3;2*3H,2H2,1H3;1H3;;;;1H2;/q;;;;;;;;;;;;2*+1;;-1/p-1/i;;;;;;;;;;1D;;;;;. The normalized spacial score (nSPS) is 9.69. The number of aliphatic hydroxyl groups excluding tert-OH is 2. The number of hydrogen-bond donors (Lipinski definition) is 3. The van der Waals surface area contributed by atoms with Crippen molar-refractivity contribution in [2.75, 3.05) is 20.4 Å². The number of nitrogens with zero attached hydrogens (tertiary/aromatic N) is 2. The second kappa shape index (κ2) is 62.4. The van der Waals surface area contributed by atoms with Crippen LogP contribution in [0, 0.1) is 25.9 Å². The van der Waals surface area contributed by atoms with E-state index in [1.54, 1.807) is 99.6 Å². The van der Waals surface area contributed by atoms with Gasteiger partial charge in [0.25, 0.3) is 6.47 Å². The second-order valence-corrected chi connectivity index (χ2v) is 28.6. The number of aromatic hydroxyl groups is 1. The minimum atomic E-state index is -5.62. The van der Waals surface area contributed by atoms with Gasteiger partial charge in [-0.1, -0.05) is 189 Å². The van der Waals surface area contributed by atoms with Gasteiger partial charge in [0.2, 0.25) is 22.2 Å². The predicted octanol–water partition coefficient (Wildman–Crippen LogP) is 21.4. The van der Waals surface area contributed by atoms with Crippen LogP contribution in [0.15, 0.2) is 259 Å². The molecular weight excluding hydrogens is 2190 g/mol. The van der Waals surface area contributed by atoms with Crippen molar-refractivity contribution in [1.29, 1.82) is 0 Å². The maximum Gasteiger partial charge on any atom is 1.00 e. The van der Waals surface area contributed by atoms with E-state index in [1.807, 2.05) is 116 Å². The van der Waals surface area contributed by atoms with Gasteiger partial charge in [-0.05, 0) is 194 Å². The molecule has 0 saturated heterocycles. The van der Waals surface area contributed by atoms with Crippen LogP contribution in [-0.4, -0.2) is 79.5 Å². The van der Waals surface area contributed by atoms with E-state index in [0.29, 0.717) is 109 Å². The quantitative estimate of drug-likeness (QED) is 0.0255. The van der Waals surface area contributed by atoms with Crippen LogP contribution in [0.1, 0.15) is 29.1 Å². The van der Waals surface area contributed by atoms with E-state index >= 15 is 0 Å². The molecule has 1 radical (unpaired) electrons. The molecule has 0 atom stereocenters. The van der Waals surface area contributed by atoms with Crippen molar-refractivity contribution in [3.8, 4) is 34.5 Å². The number of benzene rings is 10. The maximum absolute atomic E-state index is 12.6. The van der Waals surface area contributed by atoms with Crippen LogP contribution in [0.4, 0.5) is 60.0 Å². The van der Waals surface area contributed by atoms with E-state index in [2.05, 4.69) is 158 Å². The minimum absolute atomic E-state index is 0. The molecule has 10 aromatic carbocycles. The maximum atomic E-state index is 12.6. The third kappa shape index (κ3) is 43.6. The Bertz CT molecular complexity index is 5210. The molecule has 2 aromatic heterocycles. The van der Waals surface area contributed by atoms with Crippen LogP contribution in [0.5, 0.6) is 34.5 Å². The number of ether oxygens (including phenoxy) is 4. The third-order valence-electron chi connectivity index (χ3n) is 12.2. The summed E-state index contributed by atoms with van der Waals surface area (Å²) < 4.78 is 160. The zero-order valence-electron chi connectivity index (χ0n) is 63.3. The summed E-state index contributed by atoms with van der Waals surface area (Å²) in [6, 6.07) is 58.6. The zero-order valence-corrected chi connectivity index (χ0v) is 80.7. The molecule has 12 rings (SSSR count). The molecule has 40 heteroatoms. The third-order valence-corrected chi connectivity index (χ3v) is 16.8. The number of phenolic OH excluding ortho intramolecular Hbond substituents is 1. The molecule has 0 bridgehead atoms. The van der Waals surface area contributed by atoms with E-state index in [-0.39, 0.29) is 118 Å². The van der Waals surface area contributed by atoms with Gasteiger partial charge in [-0.15, -0.1) is 0 Å². The van der Waals surface area contributed by atoms with Gasteiger partial charge < -0.3 is 54.3 Å². The van der Waals surface area contributed by atoms with Gasteiger partial charge in [-0.3, -0.25) is 18.8 Å². The van der Waals surface area contributed by atoms with Gasteiger partial charge in [0.1, 0.15) is 51.1 Å². The van der Waals surface area contributed by atoms with E-state index in [0.717, 1.165) is 41.3 Å². The molecule has 0 unspecified atom stereocenters.